The summed E-state index contributed by atoms with van der Waals surface area (Å²) in [6.07, 6.45) is 2.55. The van der Waals surface area contributed by atoms with Crippen LogP contribution in [0.2, 0.25) is 0 Å². The molecule has 1 aromatic rings. The fraction of sp³-hybridized carbons (Fsp3) is 0.533. The van der Waals surface area contributed by atoms with Gasteiger partial charge in [0.2, 0.25) is 0 Å². The van der Waals surface area contributed by atoms with Gasteiger partial charge in [-0.25, -0.2) is 0 Å². The van der Waals surface area contributed by atoms with Crippen molar-refractivity contribution in [2.24, 2.45) is 5.16 Å². The third-order valence-corrected chi connectivity index (χ3v) is 3.27. The summed E-state index contributed by atoms with van der Waals surface area (Å²) in [7, 11) is 1.66. The van der Waals surface area contributed by atoms with Gasteiger partial charge in [-0.3, -0.25) is 0 Å². The lowest BCUT2D eigenvalue weighted by Gasteiger charge is -2.08. The number of ether oxygens (including phenoxy) is 3. The van der Waals surface area contributed by atoms with E-state index in [1.54, 1.807) is 7.11 Å². The SMILES string of the molecule is COCCOCCCOc1ccc2c(c1)CC/C2=N\O. The fourth-order valence-electron chi connectivity index (χ4n) is 2.24. The van der Waals surface area contributed by atoms with Crippen molar-refractivity contribution < 1.29 is 19.4 Å². The van der Waals surface area contributed by atoms with Crippen LogP contribution in [0.25, 0.3) is 0 Å². The third kappa shape index (κ3) is 3.95. The van der Waals surface area contributed by atoms with E-state index in [1.165, 1.54) is 5.56 Å². The Kier molecular flexibility index (Phi) is 5.83. The second-order valence-electron chi connectivity index (χ2n) is 4.67. The van der Waals surface area contributed by atoms with Crippen molar-refractivity contribution in [2.75, 3.05) is 33.5 Å². The van der Waals surface area contributed by atoms with Gasteiger partial charge in [-0.2, -0.15) is 0 Å². The first kappa shape index (κ1) is 14.8. The van der Waals surface area contributed by atoms with Gasteiger partial charge in [-0.05, 0) is 36.6 Å². The summed E-state index contributed by atoms with van der Waals surface area (Å²) in [6, 6.07) is 5.90. The van der Waals surface area contributed by atoms with E-state index in [9.17, 15) is 0 Å². The Labute approximate surface area is 119 Å². The molecule has 1 N–H and O–H groups in total. The Balaban J connectivity index is 1.72. The van der Waals surface area contributed by atoms with Crippen molar-refractivity contribution in [1.29, 1.82) is 0 Å². The highest BCUT2D eigenvalue weighted by atomic mass is 16.5. The third-order valence-electron chi connectivity index (χ3n) is 3.27. The lowest BCUT2D eigenvalue weighted by molar-refractivity contribution is 0.0644. The number of hydrogen-bond donors (Lipinski definition) is 1. The molecule has 0 amide bonds. The zero-order chi connectivity index (χ0) is 14.2. The Bertz CT molecular complexity index is 459. The van der Waals surface area contributed by atoms with Crippen LogP contribution in [0.3, 0.4) is 0 Å². The number of benzene rings is 1. The summed E-state index contributed by atoms with van der Waals surface area (Å²) in [4.78, 5) is 0. The molecular weight excluding hydrogens is 258 g/mol. The molecule has 110 valence electrons. The van der Waals surface area contributed by atoms with Crippen molar-refractivity contribution in [2.45, 2.75) is 19.3 Å². The van der Waals surface area contributed by atoms with E-state index in [-0.39, 0.29) is 0 Å². The van der Waals surface area contributed by atoms with E-state index in [0.717, 1.165) is 36.3 Å². The van der Waals surface area contributed by atoms with Crippen LogP contribution >= 0.6 is 0 Å². The van der Waals surface area contributed by atoms with Crippen molar-refractivity contribution in [3.63, 3.8) is 0 Å². The van der Waals surface area contributed by atoms with Crippen LogP contribution in [0.4, 0.5) is 0 Å². The van der Waals surface area contributed by atoms with Gasteiger partial charge in [0.25, 0.3) is 0 Å². The first-order valence-corrected chi connectivity index (χ1v) is 6.89. The second-order valence-corrected chi connectivity index (χ2v) is 4.67. The van der Waals surface area contributed by atoms with Crippen LogP contribution in [0, 0.1) is 0 Å². The predicted octanol–water partition coefficient (Wildman–Crippen LogP) is 2.24. The maximum absolute atomic E-state index is 8.88. The second kappa shape index (κ2) is 7.87. The molecule has 0 saturated heterocycles. The molecule has 0 atom stereocenters. The quantitative estimate of drug-likeness (QED) is 0.450. The molecule has 0 saturated carbocycles. The topological polar surface area (TPSA) is 60.3 Å². The first-order valence-electron chi connectivity index (χ1n) is 6.89. The van der Waals surface area contributed by atoms with Crippen molar-refractivity contribution >= 4 is 5.71 Å². The van der Waals surface area contributed by atoms with E-state index in [1.807, 2.05) is 18.2 Å². The molecule has 20 heavy (non-hydrogen) atoms. The lowest BCUT2D eigenvalue weighted by Crippen LogP contribution is -2.07. The summed E-state index contributed by atoms with van der Waals surface area (Å²) in [5.74, 6) is 0.861. The molecule has 0 radical (unpaired) electrons. The fourth-order valence-corrected chi connectivity index (χ4v) is 2.24. The van der Waals surface area contributed by atoms with E-state index in [2.05, 4.69) is 5.16 Å². The average Bonchev–Trinajstić information content (AvgIpc) is 2.88. The number of fused-ring (bicyclic) bond motifs is 1. The van der Waals surface area contributed by atoms with Gasteiger partial charge >= 0.3 is 0 Å². The van der Waals surface area contributed by atoms with Crippen molar-refractivity contribution in [3.8, 4) is 5.75 Å². The normalized spacial score (nSPS) is 15.6. The van der Waals surface area contributed by atoms with Crippen LogP contribution in [-0.4, -0.2) is 44.5 Å². The molecule has 1 aliphatic rings. The number of aryl methyl sites for hydroxylation is 1. The smallest absolute Gasteiger partial charge is 0.119 e. The van der Waals surface area contributed by atoms with Gasteiger partial charge in [0, 0.05) is 25.7 Å². The molecule has 2 rings (SSSR count). The molecule has 0 bridgehead atoms. The minimum Gasteiger partial charge on any atom is -0.493 e. The van der Waals surface area contributed by atoms with E-state index in [0.29, 0.717) is 26.4 Å². The number of nitrogens with zero attached hydrogens (tertiary/aromatic N) is 1. The summed E-state index contributed by atoms with van der Waals surface area (Å²) in [5, 5.41) is 12.2. The lowest BCUT2D eigenvalue weighted by atomic mass is 10.1. The Morgan fingerprint density at radius 1 is 1.15 bits per heavy atom. The minimum atomic E-state index is 0.624. The standard InChI is InChI=1S/C15H21NO4/c1-18-9-10-19-7-2-8-20-13-4-5-14-12(11-13)3-6-15(14)16-17/h4-5,11,17H,2-3,6-10H2,1H3/b16-15+. The molecule has 5 nitrogen and oxygen atoms in total. The van der Waals surface area contributed by atoms with Crippen LogP contribution < -0.4 is 4.74 Å². The van der Waals surface area contributed by atoms with Crippen LogP contribution in [0.15, 0.2) is 23.4 Å². The highest BCUT2D eigenvalue weighted by Gasteiger charge is 2.18. The first-order chi connectivity index (χ1) is 9.85. The van der Waals surface area contributed by atoms with Crippen molar-refractivity contribution in [3.05, 3.63) is 29.3 Å². The molecule has 0 heterocycles. The van der Waals surface area contributed by atoms with Gasteiger partial charge in [0.15, 0.2) is 0 Å². The molecule has 0 unspecified atom stereocenters. The molecule has 5 heteroatoms. The van der Waals surface area contributed by atoms with E-state index < -0.39 is 0 Å². The van der Waals surface area contributed by atoms with Crippen molar-refractivity contribution in [1.82, 2.24) is 0 Å². The maximum Gasteiger partial charge on any atom is 0.119 e. The minimum absolute atomic E-state index is 0.624. The Hall–Kier alpha value is -1.59. The van der Waals surface area contributed by atoms with Gasteiger partial charge in [-0.1, -0.05) is 5.16 Å². The zero-order valence-electron chi connectivity index (χ0n) is 11.8. The maximum atomic E-state index is 8.88. The monoisotopic (exact) mass is 279 g/mol. The highest BCUT2D eigenvalue weighted by molar-refractivity contribution is 6.04. The number of hydrogen-bond acceptors (Lipinski definition) is 5. The molecule has 0 aromatic heterocycles. The molecule has 0 spiro atoms. The molecule has 1 aliphatic carbocycles. The van der Waals surface area contributed by atoms with Gasteiger partial charge in [0.05, 0.1) is 25.5 Å². The predicted molar refractivity (Wildman–Crippen MR) is 75.9 cm³/mol. The van der Waals surface area contributed by atoms with E-state index in [4.69, 9.17) is 19.4 Å². The van der Waals surface area contributed by atoms with Gasteiger partial charge < -0.3 is 19.4 Å². The summed E-state index contributed by atoms with van der Waals surface area (Å²) in [5.41, 5.74) is 2.98. The van der Waals surface area contributed by atoms with Crippen LogP contribution in [0.1, 0.15) is 24.0 Å². The Morgan fingerprint density at radius 2 is 2.05 bits per heavy atom. The van der Waals surface area contributed by atoms with Crippen LogP contribution in [0.5, 0.6) is 5.75 Å². The summed E-state index contributed by atoms with van der Waals surface area (Å²) < 4.78 is 16.0. The number of methoxy groups -OCH3 is 1. The Morgan fingerprint density at radius 3 is 2.85 bits per heavy atom. The van der Waals surface area contributed by atoms with Gasteiger partial charge in [0.1, 0.15) is 5.75 Å². The van der Waals surface area contributed by atoms with E-state index >= 15 is 0 Å². The summed E-state index contributed by atoms with van der Waals surface area (Å²) >= 11 is 0. The number of rotatable bonds is 8. The molecule has 0 aliphatic heterocycles. The summed E-state index contributed by atoms with van der Waals surface area (Å²) in [6.45, 7) is 2.56. The van der Waals surface area contributed by atoms with Gasteiger partial charge in [-0.15, -0.1) is 0 Å². The zero-order valence-corrected chi connectivity index (χ0v) is 11.8. The molecular formula is C15H21NO4. The average molecular weight is 279 g/mol. The van der Waals surface area contributed by atoms with Crippen LogP contribution in [-0.2, 0) is 15.9 Å². The molecule has 1 aromatic carbocycles. The largest absolute Gasteiger partial charge is 0.493 e. The number of oxime groups is 1. The highest BCUT2D eigenvalue weighted by Crippen LogP contribution is 2.26. The molecule has 0 fully saturated rings.